The van der Waals surface area contributed by atoms with E-state index in [2.05, 4.69) is 15.5 Å². The zero-order chi connectivity index (χ0) is 13.1. The molecular weight excluding hydrogens is 262 g/mol. The Balaban J connectivity index is 1.59. The fourth-order valence-electron chi connectivity index (χ4n) is 2.75. The Morgan fingerprint density at radius 3 is 2.79 bits per heavy atom. The van der Waals surface area contributed by atoms with Crippen LogP contribution >= 0.6 is 11.3 Å². The minimum Gasteiger partial charge on any atom is -0.381 e. The third kappa shape index (κ3) is 3.12. The molecule has 0 aromatic carbocycles. The van der Waals surface area contributed by atoms with Crippen molar-refractivity contribution in [1.29, 1.82) is 0 Å². The summed E-state index contributed by atoms with van der Waals surface area (Å²) >= 11 is 1.53. The highest BCUT2D eigenvalue weighted by Gasteiger charge is 2.25. The lowest BCUT2D eigenvalue weighted by Crippen LogP contribution is -2.22. The quantitative estimate of drug-likeness (QED) is 0.924. The molecule has 0 spiro atoms. The van der Waals surface area contributed by atoms with E-state index in [9.17, 15) is 4.79 Å². The molecule has 1 saturated carbocycles. The van der Waals surface area contributed by atoms with E-state index in [1.54, 1.807) is 0 Å². The Bertz CT molecular complexity index is 437. The van der Waals surface area contributed by atoms with Crippen LogP contribution in [0.2, 0.25) is 0 Å². The maximum atomic E-state index is 11.9. The number of nitrogens with zero attached hydrogens (tertiary/aromatic N) is 2. The molecule has 2 fully saturated rings. The molecule has 1 aliphatic heterocycles. The van der Waals surface area contributed by atoms with Gasteiger partial charge in [-0.1, -0.05) is 30.6 Å². The third-order valence-electron chi connectivity index (χ3n) is 3.93. The molecule has 1 unspecified atom stereocenters. The van der Waals surface area contributed by atoms with Crippen molar-refractivity contribution in [3.05, 3.63) is 5.01 Å². The molecule has 1 saturated heterocycles. The number of nitrogens with one attached hydrogen (secondary N) is 1. The molecule has 19 heavy (non-hydrogen) atoms. The van der Waals surface area contributed by atoms with Gasteiger partial charge < -0.3 is 10.1 Å². The van der Waals surface area contributed by atoms with Crippen LogP contribution in [0.4, 0.5) is 5.13 Å². The molecule has 2 aliphatic rings. The summed E-state index contributed by atoms with van der Waals surface area (Å²) in [6, 6.07) is 0. The van der Waals surface area contributed by atoms with E-state index in [1.807, 2.05) is 0 Å². The van der Waals surface area contributed by atoms with Crippen LogP contribution in [0.1, 0.15) is 49.5 Å². The van der Waals surface area contributed by atoms with Crippen LogP contribution < -0.4 is 5.32 Å². The number of hydrogen-bond donors (Lipinski definition) is 1. The first-order valence-corrected chi connectivity index (χ1v) is 7.86. The number of amides is 1. The first-order valence-electron chi connectivity index (χ1n) is 7.05. The summed E-state index contributed by atoms with van der Waals surface area (Å²) in [5, 5.41) is 12.9. The maximum Gasteiger partial charge on any atom is 0.231 e. The van der Waals surface area contributed by atoms with Crippen molar-refractivity contribution >= 4 is 22.4 Å². The normalized spacial score (nSPS) is 24.5. The van der Waals surface area contributed by atoms with Gasteiger partial charge in [0.15, 0.2) is 0 Å². The highest BCUT2D eigenvalue weighted by Crippen LogP contribution is 2.35. The van der Waals surface area contributed by atoms with Crippen LogP contribution in [-0.4, -0.2) is 29.3 Å². The number of ether oxygens (including phenoxy) is 1. The number of anilines is 1. The van der Waals surface area contributed by atoms with Gasteiger partial charge >= 0.3 is 0 Å². The molecule has 104 valence electrons. The second-order valence-electron chi connectivity index (χ2n) is 5.33. The fraction of sp³-hybridized carbons (Fsp3) is 0.769. The molecule has 0 bridgehead atoms. The monoisotopic (exact) mass is 281 g/mol. The van der Waals surface area contributed by atoms with E-state index in [-0.39, 0.29) is 11.8 Å². The lowest BCUT2D eigenvalue weighted by molar-refractivity contribution is -0.119. The molecule has 1 atom stereocenters. The molecule has 3 rings (SSSR count). The van der Waals surface area contributed by atoms with Gasteiger partial charge in [0.05, 0.1) is 12.5 Å². The molecule has 2 heterocycles. The van der Waals surface area contributed by atoms with E-state index >= 15 is 0 Å². The van der Waals surface area contributed by atoms with Gasteiger partial charge in [0, 0.05) is 12.5 Å². The van der Waals surface area contributed by atoms with Crippen LogP contribution in [0.25, 0.3) is 0 Å². The van der Waals surface area contributed by atoms with E-state index < -0.39 is 0 Å². The van der Waals surface area contributed by atoms with Crippen LogP contribution in [0.3, 0.4) is 0 Å². The SMILES string of the molecule is O=C(Nc1nnc(C2CCCCC2)s1)C1CCOC1. The van der Waals surface area contributed by atoms with Crippen molar-refractivity contribution in [3.8, 4) is 0 Å². The molecular formula is C13H19N3O2S. The Hall–Kier alpha value is -1.01. The zero-order valence-corrected chi connectivity index (χ0v) is 11.7. The van der Waals surface area contributed by atoms with E-state index in [0.717, 1.165) is 11.4 Å². The topological polar surface area (TPSA) is 64.1 Å². The Kier molecular flexibility index (Phi) is 4.08. The largest absolute Gasteiger partial charge is 0.381 e. The Morgan fingerprint density at radius 1 is 1.21 bits per heavy atom. The molecule has 0 radical (unpaired) electrons. The van der Waals surface area contributed by atoms with Gasteiger partial charge in [-0.05, 0) is 19.3 Å². The van der Waals surface area contributed by atoms with Crippen LogP contribution in [0.5, 0.6) is 0 Å². The molecule has 1 aromatic rings. The molecule has 5 nitrogen and oxygen atoms in total. The number of rotatable bonds is 3. The summed E-state index contributed by atoms with van der Waals surface area (Å²) in [4.78, 5) is 11.9. The lowest BCUT2D eigenvalue weighted by Gasteiger charge is -2.18. The predicted molar refractivity (Wildman–Crippen MR) is 73.3 cm³/mol. The summed E-state index contributed by atoms with van der Waals surface area (Å²) in [5.41, 5.74) is 0. The molecule has 1 amide bonds. The summed E-state index contributed by atoms with van der Waals surface area (Å²) in [6.07, 6.45) is 7.12. The van der Waals surface area contributed by atoms with Crippen molar-refractivity contribution in [2.45, 2.75) is 44.4 Å². The fourth-order valence-corrected chi connectivity index (χ4v) is 3.66. The smallest absolute Gasteiger partial charge is 0.231 e. The number of carbonyl (C=O) groups is 1. The highest BCUT2D eigenvalue weighted by atomic mass is 32.1. The van der Waals surface area contributed by atoms with E-state index in [4.69, 9.17) is 4.74 Å². The van der Waals surface area contributed by atoms with Gasteiger partial charge in [0.1, 0.15) is 5.01 Å². The summed E-state index contributed by atoms with van der Waals surface area (Å²) in [5.74, 6) is 0.539. The Labute approximate surface area is 116 Å². The third-order valence-corrected chi connectivity index (χ3v) is 4.93. The van der Waals surface area contributed by atoms with Crippen molar-refractivity contribution in [3.63, 3.8) is 0 Å². The van der Waals surface area contributed by atoms with Crippen LogP contribution in [-0.2, 0) is 9.53 Å². The molecule has 1 N–H and O–H groups in total. The van der Waals surface area contributed by atoms with Gasteiger partial charge in [0.2, 0.25) is 11.0 Å². The minimum absolute atomic E-state index is 0.0174. The standard InChI is InChI=1S/C13H19N3O2S/c17-11(10-6-7-18-8-10)14-13-16-15-12(19-13)9-4-2-1-3-5-9/h9-10H,1-8H2,(H,14,16,17). The lowest BCUT2D eigenvalue weighted by atomic mass is 9.90. The van der Waals surface area contributed by atoms with Crippen molar-refractivity contribution in [2.24, 2.45) is 5.92 Å². The van der Waals surface area contributed by atoms with Crippen molar-refractivity contribution in [2.75, 3.05) is 18.5 Å². The number of aromatic nitrogens is 2. The molecule has 1 aromatic heterocycles. The summed E-state index contributed by atoms with van der Waals surface area (Å²) in [6.45, 7) is 1.21. The van der Waals surface area contributed by atoms with Crippen molar-refractivity contribution < 1.29 is 9.53 Å². The first kappa shape index (κ1) is 13.0. The van der Waals surface area contributed by atoms with E-state index in [1.165, 1.54) is 43.4 Å². The van der Waals surface area contributed by atoms with Gasteiger partial charge in [0.25, 0.3) is 0 Å². The minimum atomic E-state index is -0.0259. The average molecular weight is 281 g/mol. The summed E-state index contributed by atoms with van der Waals surface area (Å²) in [7, 11) is 0. The second kappa shape index (κ2) is 5.96. The zero-order valence-electron chi connectivity index (χ0n) is 10.9. The molecule has 6 heteroatoms. The first-order chi connectivity index (χ1) is 9.33. The average Bonchev–Trinajstić information content (AvgIpc) is 3.11. The van der Waals surface area contributed by atoms with E-state index in [0.29, 0.717) is 24.3 Å². The van der Waals surface area contributed by atoms with Crippen LogP contribution in [0.15, 0.2) is 0 Å². The van der Waals surface area contributed by atoms with Gasteiger partial charge in [-0.15, -0.1) is 10.2 Å². The maximum absolute atomic E-state index is 11.9. The molecule has 1 aliphatic carbocycles. The van der Waals surface area contributed by atoms with Crippen molar-refractivity contribution in [1.82, 2.24) is 10.2 Å². The highest BCUT2D eigenvalue weighted by molar-refractivity contribution is 7.15. The van der Waals surface area contributed by atoms with Gasteiger partial charge in [-0.25, -0.2) is 0 Å². The Morgan fingerprint density at radius 2 is 2.05 bits per heavy atom. The second-order valence-corrected chi connectivity index (χ2v) is 6.34. The number of hydrogen-bond acceptors (Lipinski definition) is 5. The predicted octanol–water partition coefficient (Wildman–Crippen LogP) is 2.56. The summed E-state index contributed by atoms with van der Waals surface area (Å²) < 4.78 is 5.22. The van der Waals surface area contributed by atoms with Gasteiger partial charge in [-0.3, -0.25) is 4.79 Å². The van der Waals surface area contributed by atoms with Crippen LogP contribution in [0, 0.1) is 5.92 Å². The number of carbonyl (C=O) groups excluding carboxylic acids is 1. The van der Waals surface area contributed by atoms with Gasteiger partial charge in [-0.2, -0.15) is 0 Å².